The monoisotopic (exact) mass is 283 g/mol. The molecule has 1 rings (SSSR count). The predicted molar refractivity (Wildman–Crippen MR) is 71.2 cm³/mol. The van der Waals surface area contributed by atoms with Crippen molar-refractivity contribution in [1.82, 2.24) is 0 Å². The lowest BCUT2D eigenvalue weighted by Gasteiger charge is -2.19. The summed E-state index contributed by atoms with van der Waals surface area (Å²) in [6, 6.07) is 4.00. The molecule has 0 bridgehead atoms. The van der Waals surface area contributed by atoms with E-state index in [1.54, 1.807) is 13.8 Å². The molecule has 1 aromatic rings. The fourth-order valence-corrected chi connectivity index (χ4v) is 1.41. The maximum Gasteiger partial charge on any atom is 0.309 e. The van der Waals surface area contributed by atoms with Gasteiger partial charge < -0.3 is 14.6 Å². The molecule has 7 nitrogen and oxygen atoms in total. The molecule has 0 atom stereocenters. The first kappa shape index (κ1) is 15.7. The molecule has 20 heavy (non-hydrogen) atoms. The number of nitro groups is 1. The largest absolute Gasteiger partial charge is 0.493 e. The van der Waals surface area contributed by atoms with Gasteiger partial charge in [0.25, 0.3) is 5.69 Å². The quantitative estimate of drug-likeness (QED) is 0.609. The summed E-state index contributed by atoms with van der Waals surface area (Å²) in [5, 5.41) is 19.6. The molecule has 0 heterocycles. The normalized spacial score (nSPS) is 10.9. The Morgan fingerprint density at radius 1 is 1.40 bits per heavy atom. The highest BCUT2D eigenvalue weighted by Gasteiger charge is 2.27. The molecule has 7 heteroatoms. The minimum Gasteiger partial charge on any atom is -0.493 e. The van der Waals surface area contributed by atoms with Gasteiger partial charge in [0, 0.05) is 6.07 Å². The molecule has 0 aliphatic heterocycles. The highest BCUT2D eigenvalue weighted by atomic mass is 16.6. The second-order valence-electron chi connectivity index (χ2n) is 4.88. The van der Waals surface area contributed by atoms with Crippen molar-refractivity contribution in [1.29, 1.82) is 0 Å². The van der Waals surface area contributed by atoms with Gasteiger partial charge in [-0.25, -0.2) is 0 Å². The Kier molecular flexibility index (Phi) is 4.90. The van der Waals surface area contributed by atoms with Gasteiger partial charge in [0.1, 0.15) is 0 Å². The number of aliphatic carboxylic acids is 1. The second kappa shape index (κ2) is 6.23. The molecule has 0 radical (unpaired) electrons. The molecule has 0 spiro atoms. The molecule has 0 amide bonds. The SMILES string of the molecule is COc1cc([N+](=O)[O-])ccc1OCCC(C)(C)C(=O)O. The summed E-state index contributed by atoms with van der Waals surface area (Å²) in [5.74, 6) is -0.316. The Morgan fingerprint density at radius 2 is 2.05 bits per heavy atom. The fourth-order valence-electron chi connectivity index (χ4n) is 1.41. The van der Waals surface area contributed by atoms with E-state index in [4.69, 9.17) is 14.6 Å². The van der Waals surface area contributed by atoms with Crippen LogP contribution in [0.25, 0.3) is 0 Å². The first-order valence-corrected chi connectivity index (χ1v) is 5.96. The topological polar surface area (TPSA) is 98.9 Å². The van der Waals surface area contributed by atoms with Crippen LogP contribution >= 0.6 is 0 Å². The number of ether oxygens (including phenoxy) is 2. The third-order valence-corrected chi connectivity index (χ3v) is 2.92. The van der Waals surface area contributed by atoms with E-state index in [9.17, 15) is 14.9 Å². The summed E-state index contributed by atoms with van der Waals surface area (Å²) in [4.78, 5) is 21.1. The van der Waals surface area contributed by atoms with E-state index in [0.717, 1.165) is 0 Å². The zero-order chi connectivity index (χ0) is 15.3. The zero-order valence-electron chi connectivity index (χ0n) is 11.6. The average molecular weight is 283 g/mol. The van der Waals surface area contributed by atoms with Crippen LogP contribution in [0.2, 0.25) is 0 Å². The number of methoxy groups -OCH3 is 1. The van der Waals surface area contributed by atoms with Crippen LogP contribution < -0.4 is 9.47 Å². The van der Waals surface area contributed by atoms with Crippen LogP contribution in [0.1, 0.15) is 20.3 Å². The van der Waals surface area contributed by atoms with Gasteiger partial charge in [-0.2, -0.15) is 0 Å². The van der Waals surface area contributed by atoms with Gasteiger partial charge >= 0.3 is 5.97 Å². The Balaban J connectivity index is 2.74. The third-order valence-electron chi connectivity index (χ3n) is 2.92. The van der Waals surface area contributed by atoms with Crippen molar-refractivity contribution in [3.05, 3.63) is 28.3 Å². The number of carbonyl (C=O) groups is 1. The van der Waals surface area contributed by atoms with E-state index in [1.807, 2.05) is 0 Å². The molecule has 110 valence electrons. The van der Waals surface area contributed by atoms with Crippen molar-refractivity contribution in [2.24, 2.45) is 5.41 Å². The van der Waals surface area contributed by atoms with E-state index in [-0.39, 0.29) is 18.0 Å². The van der Waals surface area contributed by atoms with Crippen molar-refractivity contribution in [3.8, 4) is 11.5 Å². The molecule has 0 saturated carbocycles. The van der Waals surface area contributed by atoms with Crippen molar-refractivity contribution >= 4 is 11.7 Å². The summed E-state index contributed by atoms with van der Waals surface area (Å²) < 4.78 is 10.5. The number of nitrogens with zero attached hydrogens (tertiary/aromatic N) is 1. The fraction of sp³-hybridized carbons (Fsp3) is 0.462. The first-order chi connectivity index (χ1) is 9.27. The Labute approximate surface area is 116 Å². The highest BCUT2D eigenvalue weighted by Crippen LogP contribution is 2.31. The predicted octanol–water partition coefficient (Wildman–Crippen LogP) is 2.48. The van der Waals surface area contributed by atoms with Crippen molar-refractivity contribution in [2.45, 2.75) is 20.3 Å². The lowest BCUT2D eigenvalue weighted by atomic mass is 9.90. The van der Waals surface area contributed by atoms with Crippen LogP contribution in [0, 0.1) is 15.5 Å². The number of carboxylic acids is 1. The van der Waals surface area contributed by atoms with Crippen LogP contribution in [0.5, 0.6) is 11.5 Å². The Hall–Kier alpha value is -2.31. The number of hydrogen-bond donors (Lipinski definition) is 1. The minimum absolute atomic E-state index is 0.0972. The van der Waals surface area contributed by atoms with Crippen LogP contribution in [-0.4, -0.2) is 29.7 Å². The first-order valence-electron chi connectivity index (χ1n) is 5.96. The van der Waals surface area contributed by atoms with Gasteiger partial charge in [-0.3, -0.25) is 14.9 Å². The summed E-state index contributed by atoms with van der Waals surface area (Å²) in [6.45, 7) is 3.38. The molecular formula is C13H17NO6. The molecule has 0 aliphatic carbocycles. The van der Waals surface area contributed by atoms with Crippen molar-refractivity contribution in [2.75, 3.05) is 13.7 Å². The van der Waals surface area contributed by atoms with Crippen LogP contribution in [0.3, 0.4) is 0 Å². The number of hydrogen-bond acceptors (Lipinski definition) is 5. The minimum atomic E-state index is -0.906. The van der Waals surface area contributed by atoms with E-state index >= 15 is 0 Å². The molecule has 0 saturated heterocycles. The number of non-ortho nitro benzene ring substituents is 1. The van der Waals surface area contributed by atoms with Crippen molar-refractivity contribution < 1.29 is 24.3 Å². The molecule has 0 fully saturated rings. The molecular weight excluding hydrogens is 266 g/mol. The number of nitro benzene ring substituents is 1. The van der Waals surface area contributed by atoms with Crippen molar-refractivity contribution in [3.63, 3.8) is 0 Å². The average Bonchev–Trinajstić information content (AvgIpc) is 2.38. The van der Waals surface area contributed by atoms with Gasteiger partial charge in [-0.05, 0) is 26.3 Å². The van der Waals surface area contributed by atoms with E-state index in [2.05, 4.69) is 0 Å². The van der Waals surface area contributed by atoms with Crippen LogP contribution in [-0.2, 0) is 4.79 Å². The summed E-state index contributed by atoms with van der Waals surface area (Å²) >= 11 is 0. The lowest BCUT2D eigenvalue weighted by Crippen LogP contribution is -2.25. The standard InChI is InChI=1S/C13H17NO6/c1-13(2,12(15)16)6-7-20-10-5-4-9(14(17)18)8-11(10)19-3/h4-5,8H,6-7H2,1-3H3,(H,15,16). The second-order valence-corrected chi connectivity index (χ2v) is 4.88. The molecule has 1 aromatic carbocycles. The molecule has 0 aromatic heterocycles. The van der Waals surface area contributed by atoms with Gasteiger partial charge in [-0.15, -0.1) is 0 Å². The van der Waals surface area contributed by atoms with Gasteiger partial charge in [0.05, 0.1) is 30.1 Å². The van der Waals surface area contributed by atoms with Gasteiger partial charge in [0.2, 0.25) is 0 Å². The summed E-state index contributed by atoms with van der Waals surface area (Å²) in [7, 11) is 1.38. The number of carboxylic acid groups (broad SMARTS) is 1. The van der Waals surface area contributed by atoms with E-state index in [0.29, 0.717) is 12.2 Å². The maximum atomic E-state index is 11.0. The number of rotatable bonds is 7. The van der Waals surface area contributed by atoms with E-state index < -0.39 is 16.3 Å². The zero-order valence-corrected chi connectivity index (χ0v) is 11.6. The summed E-state index contributed by atoms with van der Waals surface area (Å²) in [6.07, 6.45) is 0.308. The maximum absolute atomic E-state index is 11.0. The Morgan fingerprint density at radius 3 is 2.55 bits per heavy atom. The molecule has 1 N–H and O–H groups in total. The Bertz CT molecular complexity index is 512. The highest BCUT2D eigenvalue weighted by molar-refractivity contribution is 5.73. The lowest BCUT2D eigenvalue weighted by molar-refractivity contribution is -0.385. The summed E-state index contributed by atoms with van der Waals surface area (Å²) in [5.41, 5.74) is -0.992. The smallest absolute Gasteiger partial charge is 0.309 e. The van der Waals surface area contributed by atoms with Crippen LogP contribution in [0.15, 0.2) is 18.2 Å². The van der Waals surface area contributed by atoms with Gasteiger partial charge in [-0.1, -0.05) is 0 Å². The van der Waals surface area contributed by atoms with E-state index in [1.165, 1.54) is 25.3 Å². The number of benzene rings is 1. The van der Waals surface area contributed by atoms with Crippen LogP contribution in [0.4, 0.5) is 5.69 Å². The molecule has 0 aliphatic rings. The van der Waals surface area contributed by atoms with Gasteiger partial charge in [0.15, 0.2) is 11.5 Å². The molecule has 0 unspecified atom stereocenters. The third kappa shape index (κ3) is 3.84.